The van der Waals surface area contributed by atoms with E-state index in [2.05, 4.69) is 5.32 Å². The number of piperidine rings is 1. The third-order valence-corrected chi connectivity index (χ3v) is 3.89. The summed E-state index contributed by atoms with van der Waals surface area (Å²) in [7, 11) is 0. The van der Waals surface area contributed by atoms with Crippen LogP contribution in [0.15, 0.2) is 18.2 Å². The van der Waals surface area contributed by atoms with Gasteiger partial charge >= 0.3 is 6.09 Å². The second-order valence-corrected chi connectivity index (χ2v) is 5.71. The Hall–Kier alpha value is -1.86. The molecule has 0 saturated carbocycles. The number of rotatable bonds is 4. The first-order valence-electron chi connectivity index (χ1n) is 7.39. The molecule has 1 fully saturated rings. The number of likely N-dealkylation sites (tertiary alicyclic amines) is 1. The Bertz CT molecular complexity index is 585. The molecule has 0 aromatic heterocycles. The quantitative estimate of drug-likeness (QED) is 0.878. The highest BCUT2D eigenvalue weighted by molar-refractivity contribution is 6.30. The average Bonchev–Trinajstić information content (AvgIpc) is 2.56. The largest absolute Gasteiger partial charge is 0.448 e. The lowest BCUT2D eigenvalue weighted by atomic mass is 9.97. The van der Waals surface area contributed by atoms with Crippen LogP contribution in [0.2, 0.25) is 5.02 Å². The third kappa shape index (κ3) is 4.80. The fraction of sp³-hybridized carbons (Fsp3) is 0.467. The number of hydrogen-bond acceptors (Lipinski definition) is 4. The van der Waals surface area contributed by atoms with E-state index in [-0.39, 0.29) is 36.5 Å². The molecule has 1 atom stereocenters. The first kappa shape index (κ1) is 17.5. The number of hydrogen-bond donors (Lipinski definition) is 2. The molecule has 0 unspecified atom stereocenters. The Labute approximate surface area is 138 Å². The Kier molecular flexibility index (Phi) is 6.18. The first-order valence-corrected chi connectivity index (χ1v) is 7.76. The van der Waals surface area contributed by atoms with Gasteiger partial charge in [-0.25, -0.2) is 9.18 Å². The molecule has 1 aliphatic heterocycles. The molecule has 1 heterocycles. The number of amides is 2. The van der Waals surface area contributed by atoms with Crippen LogP contribution in [-0.2, 0) is 9.53 Å². The second-order valence-electron chi connectivity index (χ2n) is 5.31. The van der Waals surface area contributed by atoms with E-state index in [1.165, 1.54) is 17.0 Å². The highest BCUT2D eigenvalue weighted by atomic mass is 35.5. The summed E-state index contributed by atoms with van der Waals surface area (Å²) < 4.78 is 18.4. The van der Waals surface area contributed by atoms with Gasteiger partial charge in [0.2, 0.25) is 5.91 Å². The summed E-state index contributed by atoms with van der Waals surface area (Å²) in [4.78, 5) is 25.6. The Morgan fingerprint density at radius 1 is 1.48 bits per heavy atom. The summed E-state index contributed by atoms with van der Waals surface area (Å²) in [5.41, 5.74) is 5.62. The molecule has 8 heteroatoms. The van der Waals surface area contributed by atoms with Gasteiger partial charge in [-0.3, -0.25) is 4.79 Å². The standard InChI is InChI=1S/C15H19ClFN3O3/c16-12-4-3-11(8-13(12)17)19-14(21)10-2-1-6-20(9-10)15(22)23-7-5-18/h3-4,8,10H,1-2,5-7,9,18H2,(H,19,21)/t10-/m0/s1. The second kappa shape index (κ2) is 8.12. The molecule has 1 aromatic carbocycles. The Morgan fingerprint density at radius 3 is 2.96 bits per heavy atom. The van der Waals surface area contributed by atoms with Gasteiger partial charge in [0, 0.05) is 25.3 Å². The Balaban J connectivity index is 1.93. The van der Waals surface area contributed by atoms with E-state index in [0.29, 0.717) is 25.1 Å². The number of benzene rings is 1. The maximum Gasteiger partial charge on any atom is 0.409 e. The minimum atomic E-state index is -0.597. The zero-order valence-electron chi connectivity index (χ0n) is 12.6. The first-order chi connectivity index (χ1) is 11.0. The fourth-order valence-corrected chi connectivity index (χ4v) is 2.53. The normalized spacial score (nSPS) is 17.7. The molecule has 2 amide bonds. The highest BCUT2D eigenvalue weighted by Crippen LogP contribution is 2.22. The van der Waals surface area contributed by atoms with Crippen molar-refractivity contribution in [3.05, 3.63) is 29.0 Å². The molecular formula is C15H19ClFN3O3. The number of carbonyl (C=O) groups is 2. The lowest BCUT2D eigenvalue weighted by Crippen LogP contribution is -2.44. The van der Waals surface area contributed by atoms with E-state index >= 15 is 0 Å². The Morgan fingerprint density at radius 2 is 2.26 bits per heavy atom. The monoisotopic (exact) mass is 343 g/mol. The summed E-state index contributed by atoms with van der Waals surface area (Å²) in [5, 5.41) is 2.64. The zero-order chi connectivity index (χ0) is 16.8. The summed E-state index contributed by atoms with van der Waals surface area (Å²) in [6.45, 7) is 1.22. The minimum absolute atomic E-state index is 0.00510. The average molecular weight is 344 g/mol. The van der Waals surface area contributed by atoms with Gasteiger partial charge in [-0.05, 0) is 31.0 Å². The van der Waals surface area contributed by atoms with Crippen molar-refractivity contribution < 1.29 is 18.7 Å². The van der Waals surface area contributed by atoms with Crippen LogP contribution < -0.4 is 11.1 Å². The topological polar surface area (TPSA) is 84.7 Å². The van der Waals surface area contributed by atoms with Crippen molar-refractivity contribution >= 4 is 29.3 Å². The van der Waals surface area contributed by atoms with E-state index in [1.54, 1.807) is 0 Å². The summed E-state index contributed by atoms with van der Waals surface area (Å²) in [6, 6.07) is 4.07. The zero-order valence-corrected chi connectivity index (χ0v) is 13.3. The number of nitrogens with zero attached hydrogens (tertiary/aromatic N) is 1. The molecule has 0 bridgehead atoms. The molecule has 3 N–H and O–H groups in total. The van der Waals surface area contributed by atoms with Crippen LogP contribution in [0.25, 0.3) is 0 Å². The third-order valence-electron chi connectivity index (χ3n) is 3.58. The predicted octanol–water partition coefficient (Wildman–Crippen LogP) is 2.22. The van der Waals surface area contributed by atoms with Crippen LogP contribution in [0.3, 0.4) is 0 Å². The van der Waals surface area contributed by atoms with Crippen molar-refractivity contribution in [3.63, 3.8) is 0 Å². The van der Waals surface area contributed by atoms with Crippen molar-refractivity contribution in [2.45, 2.75) is 12.8 Å². The minimum Gasteiger partial charge on any atom is -0.448 e. The van der Waals surface area contributed by atoms with Crippen molar-refractivity contribution in [2.75, 3.05) is 31.6 Å². The molecule has 6 nitrogen and oxygen atoms in total. The van der Waals surface area contributed by atoms with Gasteiger partial charge in [0.25, 0.3) is 0 Å². The maximum absolute atomic E-state index is 13.4. The van der Waals surface area contributed by atoms with Gasteiger partial charge in [-0.1, -0.05) is 11.6 Å². The van der Waals surface area contributed by atoms with E-state index in [1.807, 2.05) is 0 Å². The summed E-state index contributed by atoms with van der Waals surface area (Å²) in [6.07, 6.45) is 0.887. The molecular weight excluding hydrogens is 325 g/mol. The molecule has 0 spiro atoms. The van der Waals surface area contributed by atoms with Gasteiger partial charge in [0.1, 0.15) is 12.4 Å². The SMILES string of the molecule is NCCOC(=O)N1CCC[C@H](C(=O)Nc2ccc(Cl)c(F)c2)C1. The number of ether oxygens (including phenoxy) is 1. The molecule has 0 aliphatic carbocycles. The van der Waals surface area contributed by atoms with Crippen molar-refractivity contribution in [3.8, 4) is 0 Å². The van der Waals surface area contributed by atoms with Crippen molar-refractivity contribution in [1.82, 2.24) is 4.90 Å². The smallest absolute Gasteiger partial charge is 0.409 e. The van der Waals surface area contributed by atoms with Gasteiger partial charge < -0.3 is 20.7 Å². The number of halogens is 2. The van der Waals surface area contributed by atoms with Gasteiger partial charge in [0.15, 0.2) is 0 Å². The molecule has 1 saturated heterocycles. The van der Waals surface area contributed by atoms with Gasteiger partial charge in [-0.2, -0.15) is 0 Å². The molecule has 1 aromatic rings. The van der Waals surface area contributed by atoms with Crippen LogP contribution in [0.5, 0.6) is 0 Å². The molecule has 2 rings (SSSR count). The maximum atomic E-state index is 13.4. The number of anilines is 1. The van der Waals surface area contributed by atoms with Crippen molar-refractivity contribution in [2.24, 2.45) is 11.7 Å². The van der Waals surface area contributed by atoms with Crippen LogP contribution >= 0.6 is 11.6 Å². The van der Waals surface area contributed by atoms with Crippen LogP contribution in [-0.4, -0.2) is 43.1 Å². The van der Waals surface area contributed by atoms with E-state index in [0.717, 1.165) is 6.07 Å². The lowest BCUT2D eigenvalue weighted by molar-refractivity contribution is -0.121. The van der Waals surface area contributed by atoms with Crippen molar-refractivity contribution in [1.29, 1.82) is 0 Å². The van der Waals surface area contributed by atoms with Gasteiger partial charge in [0.05, 0.1) is 10.9 Å². The van der Waals surface area contributed by atoms with E-state index < -0.39 is 11.9 Å². The number of nitrogens with two attached hydrogens (primary N) is 1. The molecule has 0 radical (unpaired) electrons. The number of carbonyl (C=O) groups excluding carboxylic acids is 2. The van der Waals surface area contributed by atoms with E-state index in [4.69, 9.17) is 22.1 Å². The van der Waals surface area contributed by atoms with Crippen LogP contribution in [0.1, 0.15) is 12.8 Å². The fourth-order valence-electron chi connectivity index (χ4n) is 2.41. The summed E-state index contributed by atoms with van der Waals surface area (Å²) >= 11 is 5.61. The van der Waals surface area contributed by atoms with Crippen LogP contribution in [0, 0.1) is 11.7 Å². The lowest BCUT2D eigenvalue weighted by Gasteiger charge is -2.31. The summed E-state index contributed by atoms with van der Waals surface area (Å²) in [5.74, 6) is -1.23. The van der Waals surface area contributed by atoms with Gasteiger partial charge in [-0.15, -0.1) is 0 Å². The number of nitrogens with one attached hydrogen (secondary N) is 1. The van der Waals surface area contributed by atoms with Crippen LogP contribution in [0.4, 0.5) is 14.9 Å². The predicted molar refractivity (Wildman–Crippen MR) is 84.7 cm³/mol. The molecule has 126 valence electrons. The molecule has 23 heavy (non-hydrogen) atoms. The highest BCUT2D eigenvalue weighted by Gasteiger charge is 2.29. The van der Waals surface area contributed by atoms with E-state index in [9.17, 15) is 14.0 Å². The molecule has 1 aliphatic rings.